The van der Waals surface area contributed by atoms with Crippen LogP contribution in [0.25, 0.3) is 0 Å². The molecule has 0 aliphatic carbocycles. The third-order valence-corrected chi connectivity index (χ3v) is 7.55. The Labute approximate surface area is 236 Å². The molecular weight excluding hydrogens is 504 g/mol. The minimum absolute atomic E-state index is 0.200. The first kappa shape index (κ1) is 29.0. The molecule has 210 valence electrons. The molecule has 0 unspecified atom stereocenters. The van der Waals surface area contributed by atoms with Crippen LogP contribution in [-0.4, -0.2) is 59.4 Å². The summed E-state index contributed by atoms with van der Waals surface area (Å²) in [5.41, 5.74) is 8.18. The number of esters is 1. The number of nitrogens with two attached hydrogens (primary N) is 1. The van der Waals surface area contributed by atoms with Crippen molar-refractivity contribution in [1.29, 1.82) is 0 Å². The van der Waals surface area contributed by atoms with Crippen molar-refractivity contribution in [2.24, 2.45) is 5.73 Å². The lowest BCUT2D eigenvalue weighted by Gasteiger charge is -2.48. The number of rotatable bonds is 11. The standard InChI is InChI=1S/C32H38N4O4/c1-40-29(37)21-28(33)30(38)36(24-27-15-9-4-10-16-27)32(31(39)34-22-25-11-5-2-6-12-25)17-19-35(20-18-32)23-26-13-7-3-8-14-26/h2-16,28H,17-24,33H2,1H3,(H,34,39)/t28-/m0/s1. The Balaban J connectivity index is 1.64. The molecule has 4 rings (SSSR count). The van der Waals surface area contributed by atoms with Gasteiger partial charge in [0, 0.05) is 32.7 Å². The van der Waals surface area contributed by atoms with E-state index in [4.69, 9.17) is 10.5 Å². The number of carbonyl (C=O) groups is 3. The van der Waals surface area contributed by atoms with E-state index >= 15 is 0 Å². The zero-order valence-electron chi connectivity index (χ0n) is 23.0. The number of hydrogen-bond donors (Lipinski definition) is 2. The Bertz CT molecular complexity index is 1250. The highest BCUT2D eigenvalue weighted by Gasteiger charge is 2.49. The summed E-state index contributed by atoms with van der Waals surface area (Å²) in [5, 5.41) is 3.10. The highest BCUT2D eigenvalue weighted by atomic mass is 16.5. The Kier molecular flexibility index (Phi) is 10.0. The fourth-order valence-electron chi connectivity index (χ4n) is 5.24. The smallest absolute Gasteiger partial charge is 0.307 e. The second-order valence-corrected chi connectivity index (χ2v) is 10.3. The molecular formula is C32H38N4O4. The number of methoxy groups -OCH3 is 1. The van der Waals surface area contributed by atoms with E-state index in [0.717, 1.165) is 17.7 Å². The number of nitrogens with zero attached hydrogens (tertiary/aromatic N) is 2. The maximum absolute atomic E-state index is 14.1. The van der Waals surface area contributed by atoms with Gasteiger partial charge in [0.2, 0.25) is 11.8 Å². The van der Waals surface area contributed by atoms with Crippen LogP contribution in [0.2, 0.25) is 0 Å². The van der Waals surface area contributed by atoms with Crippen molar-refractivity contribution in [2.45, 2.75) is 50.5 Å². The van der Waals surface area contributed by atoms with E-state index < -0.39 is 23.5 Å². The molecule has 0 radical (unpaired) electrons. The Morgan fingerprint density at radius 2 is 1.40 bits per heavy atom. The van der Waals surface area contributed by atoms with Gasteiger partial charge in [0.25, 0.3) is 0 Å². The molecule has 1 fully saturated rings. The minimum atomic E-state index is -1.14. The molecule has 8 nitrogen and oxygen atoms in total. The van der Waals surface area contributed by atoms with Crippen LogP contribution in [0.4, 0.5) is 0 Å². The second kappa shape index (κ2) is 13.9. The zero-order chi connectivity index (χ0) is 28.4. The quantitative estimate of drug-likeness (QED) is 0.361. The van der Waals surface area contributed by atoms with Gasteiger partial charge in [-0.1, -0.05) is 91.0 Å². The highest BCUT2D eigenvalue weighted by Crippen LogP contribution is 2.33. The van der Waals surface area contributed by atoms with Crippen molar-refractivity contribution in [1.82, 2.24) is 15.1 Å². The van der Waals surface area contributed by atoms with Crippen LogP contribution in [0.5, 0.6) is 0 Å². The topological polar surface area (TPSA) is 105 Å². The van der Waals surface area contributed by atoms with Crippen molar-refractivity contribution in [3.63, 3.8) is 0 Å². The first-order valence-corrected chi connectivity index (χ1v) is 13.7. The molecule has 3 N–H and O–H groups in total. The van der Waals surface area contributed by atoms with Crippen LogP contribution in [0, 0.1) is 0 Å². The third-order valence-electron chi connectivity index (χ3n) is 7.55. The van der Waals surface area contributed by atoms with Crippen molar-refractivity contribution < 1.29 is 19.1 Å². The van der Waals surface area contributed by atoms with Gasteiger partial charge in [-0.3, -0.25) is 19.3 Å². The SMILES string of the molecule is COC(=O)C[C@H](N)C(=O)N(Cc1ccccc1)C1(C(=O)NCc2ccccc2)CCN(Cc2ccccc2)CC1. The number of piperidine rings is 1. The van der Waals surface area contributed by atoms with Gasteiger partial charge in [-0.2, -0.15) is 0 Å². The summed E-state index contributed by atoms with van der Waals surface area (Å²) in [7, 11) is 1.27. The predicted molar refractivity (Wildman–Crippen MR) is 154 cm³/mol. The molecule has 0 aromatic heterocycles. The number of amides is 2. The first-order chi connectivity index (χ1) is 19.4. The lowest BCUT2D eigenvalue weighted by molar-refractivity contribution is -0.155. The van der Waals surface area contributed by atoms with E-state index in [1.807, 2.05) is 78.9 Å². The number of benzene rings is 3. The van der Waals surface area contributed by atoms with Crippen molar-refractivity contribution in [3.8, 4) is 0 Å². The van der Waals surface area contributed by atoms with Crippen molar-refractivity contribution >= 4 is 17.8 Å². The fraction of sp³-hybridized carbons (Fsp3) is 0.344. The molecule has 1 heterocycles. The maximum Gasteiger partial charge on any atom is 0.307 e. The molecule has 2 amide bonds. The Hall–Kier alpha value is -4.01. The lowest BCUT2D eigenvalue weighted by atomic mass is 9.83. The van der Waals surface area contributed by atoms with E-state index in [-0.39, 0.29) is 18.9 Å². The maximum atomic E-state index is 14.1. The normalized spacial score (nSPS) is 15.6. The van der Waals surface area contributed by atoms with E-state index in [9.17, 15) is 14.4 Å². The summed E-state index contributed by atoms with van der Waals surface area (Å²) in [6.45, 7) is 2.55. The molecule has 40 heavy (non-hydrogen) atoms. The summed E-state index contributed by atoms with van der Waals surface area (Å²) in [5.74, 6) is -1.23. The molecule has 0 spiro atoms. The average Bonchev–Trinajstić information content (AvgIpc) is 3.00. The van der Waals surface area contributed by atoms with Gasteiger partial charge in [0.1, 0.15) is 5.54 Å². The van der Waals surface area contributed by atoms with E-state index in [2.05, 4.69) is 22.3 Å². The second-order valence-electron chi connectivity index (χ2n) is 10.3. The van der Waals surface area contributed by atoms with Gasteiger partial charge in [-0.15, -0.1) is 0 Å². The predicted octanol–water partition coefficient (Wildman–Crippen LogP) is 3.26. The molecule has 1 aliphatic rings. The van der Waals surface area contributed by atoms with Crippen LogP contribution in [-0.2, 0) is 38.8 Å². The van der Waals surface area contributed by atoms with Crippen LogP contribution in [0.15, 0.2) is 91.0 Å². The minimum Gasteiger partial charge on any atom is -0.469 e. The van der Waals surface area contributed by atoms with Crippen LogP contribution in [0.1, 0.15) is 36.0 Å². The van der Waals surface area contributed by atoms with Gasteiger partial charge < -0.3 is 20.7 Å². The molecule has 1 atom stereocenters. The monoisotopic (exact) mass is 542 g/mol. The number of likely N-dealkylation sites (tertiary alicyclic amines) is 1. The first-order valence-electron chi connectivity index (χ1n) is 13.7. The van der Waals surface area contributed by atoms with Crippen LogP contribution >= 0.6 is 0 Å². The third kappa shape index (κ3) is 7.34. The van der Waals surface area contributed by atoms with Crippen molar-refractivity contribution in [2.75, 3.05) is 20.2 Å². The van der Waals surface area contributed by atoms with E-state index in [1.54, 1.807) is 4.90 Å². The Morgan fingerprint density at radius 3 is 1.95 bits per heavy atom. The van der Waals surface area contributed by atoms with Gasteiger partial charge in [0.15, 0.2) is 0 Å². The van der Waals surface area contributed by atoms with Gasteiger partial charge in [0.05, 0.1) is 19.6 Å². The van der Waals surface area contributed by atoms with Gasteiger partial charge in [-0.25, -0.2) is 0 Å². The number of hydrogen-bond acceptors (Lipinski definition) is 6. The number of nitrogens with one attached hydrogen (secondary N) is 1. The van der Waals surface area contributed by atoms with Crippen molar-refractivity contribution in [3.05, 3.63) is 108 Å². The van der Waals surface area contributed by atoms with Crippen LogP contribution < -0.4 is 11.1 Å². The summed E-state index contributed by atoms with van der Waals surface area (Å²) >= 11 is 0. The highest BCUT2D eigenvalue weighted by molar-refractivity contribution is 5.94. The largest absolute Gasteiger partial charge is 0.469 e. The molecule has 8 heteroatoms. The van der Waals surface area contributed by atoms with Gasteiger partial charge >= 0.3 is 5.97 Å². The van der Waals surface area contributed by atoms with E-state index in [0.29, 0.717) is 32.5 Å². The number of carbonyl (C=O) groups excluding carboxylic acids is 3. The molecule has 1 saturated heterocycles. The fourth-order valence-corrected chi connectivity index (χ4v) is 5.24. The molecule has 0 saturated carbocycles. The summed E-state index contributed by atoms with van der Waals surface area (Å²) < 4.78 is 4.77. The molecule has 1 aliphatic heterocycles. The van der Waals surface area contributed by atoms with Gasteiger partial charge in [-0.05, 0) is 29.5 Å². The molecule has 0 bridgehead atoms. The summed E-state index contributed by atoms with van der Waals surface area (Å²) in [6, 6.07) is 28.3. The molecule has 3 aromatic carbocycles. The lowest BCUT2D eigenvalue weighted by Crippen LogP contribution is -2.66. The Morgan fingerprint density at radius 1 is 0.875 bits per heavy atom. The summed E-state index contributed by atoms with van der Waals surface area (Å²) in [4.78, 5) is 44.0. The van der Waals surface area contributed by atoms with Crippen LogP contribution in [0.3, 0.4) is 0 Å². The summed E-state index contributed by atoms with van der Waals surface area (Å²) in [6.07, 6.45) is 0.608. The van der Waals surface area contributed by atoms with E-state index in [1.165, 1.54) is 12.7 Å². The average molecular weight is 543 g/mol. The number of ether oxygens (including phenoxy) is 1. The zero-order valence-corrected chi connectivity index (χ0v) is 23.0. The molecule has 3 aromatic rings.